The van der Waals surface area contributed by atoms with Gasteiger partial charge in [-0.25, -0.2) is 9.48 Å². The minimum atomic E-state index is -0.836. The number of carboxylic acids is 1. The summed E-state index contributed by atoms with van der Waals surface area (Å²) in [7, 11) is 0. The lowest BCUT2D eigenvalue weighted by molar-refractivity contribution is -0.141. The Bertz CT molecular complexity index is 285. The maximum atomic E-state index is 11.0. The van der Waals surface area contributed by atoms with Gasteiger partial charge in [0.05, 0.1) is 6.20 Å². The molecule has 1 atom stereocenters. The summed E-state index contributed by atoms with van der Waals surface area (Å²) >= 11 is 0. The molecule has 0 fully saturated rings. The normalized spacial score (nSPS) is 12.6. The molecule has 0 amide bonds. The molecule has 0 aliphatic rings. The van der Waals surface area contributed by atoms with Gasteiger partial charge in [0, 0.05) is 6.20 Å². The van der Waals surface area contributed by atoms with Crippen molar-refractivity contribution in [3.05, 3.63) is 12.4 Å². The van der Waals surface area contributed by atoms with E-state index in [4.69, 9.17) is 5.11 Å². The molecule has 1 aromatic rings. The second-order valence-electron chi connectivity index (χ2n) is 3.59. The highest BCUT2D eigenvalue weighted by Gasteiger charge is 2.19. The van der Waals surface area contributed by atoms with E-state index in [0.717, 1.165) is 25.7 Å². The van der Waals surface area contributed by atoms with Gasteiger partial charge in [-0.15, -0.1) is 5.10 Å². The highest BCUT2D eigenvalue weighted by molar-refractivity contribution is 5.71. The van der Waals surface area contributed by atoms with E-state index in [1.54, 1.807) is 6.20 Å². The van der Waals surface area contributed by atoms with Crippen LogP contribution in [-0.2, 0) is 4.79 Å². The van der Waals surface area contributed by atoms with Crippen molar-refractivity contribution in [2.24, 2.45) is 0 Å². The van der Waals surface area contributed by atoms with Gasteiger partial charge in [0.25, 0.3) is 0 Å². The second kappa shape index (κ2) is 6.16. The lowest BCUT2D eigenvalue weighted by atomic mass is 10.1. The van der Waals surface area contributed by atoms with Gasteiger partial charge in [0.15, 0.2) is 6.04 Å². The number of aliphatic carboxylic acids is 1. The summed E-state index contributed by atoms with van der Waals surface area (Å²) in [4.78, 5) is 11.0. The molecule has 0 bridgehead atoms. The molecule has 0 saturated carbocycles. The van der Waals surface area contributed by atoms with Crippen molar-refractivity contribution in [3.63, 3.8) is 0 Å². The van der Waals surface area contributed by atoms with Crippen LogP contribution in [0.3, 0.4) is 0 Å². The predicted molar refractivity (Wildman–Crippen MR) is 55.5 cm³/mol. The van der Waals surface area contributed by atoms with E-state index in [9.17, 15) is 4.79 Å². The van der Waals surface area contributed by atoms with Gasteiger partial charge in [0.2, 0.25) is 0 Å². The van der Waals surface area contributed by atoms with Crippen LogP contribution in [0.2, 0.25) is 0 Å². The molecule has 0 aliphatic heterocycles. The van der Waals surface area contributed by atoms with Crippen molar-refractivity contribution in [2.45, 2.75) is 45.1 Å². The zero-order chi connectivity index (χ0) is 11.1. The fourth-order valence-corrected chi connectivity index (χ4v) is 1.52. The van der Waals surface area contributed by atoms with E-state index in [1.165, 1.54) is 10.9 Å². The third-order valence-corrected chi connectivity index (χ3v) is 2.38. The average molecular weight is 211 g/mol. The summed E-state index contributed by atoms with van der Waals surface area (Å²) < 4.78 is 1.41. The minimum absolute atomic E-state index is 0.565. The summed E-state index contributed by atoms with van der Waals surface area (Å²) in [5.41, 5.74) is 0. The van der Waals surface area contributed by atoms with Gasteiger partial charge in [0.1, 0.15) is 0 Å². The Labute approximate surface area is 89.1 Å². The first kappa shape index (κ1) is 11.7. The van der Waals surface area contributed by atoms with Crippen LogP contribution in [-0.4, -0.2) is 26.1 Å². The Morgan fingerprint density at radius 1 is 1.47 bits per heavy atom. The van der Waals surface area contributed by atoms with Gasteiger partial charge < -0.3 is 5.11 Å². The van der Waals surface area contributed by atoms with Crippen LogP contribution in [0.5, 0.6) is 0 Å². The summed E-state index contributed by atoms with van der Waals surface area (Å²) in [5, 5.41) is 16.4. The van der Waals surface area contributed by atoms with Gasteiger partial charge in [-0.05, 0) is 6.42 Å². The van der Waals surface area contributed by atoms with Crippen LogP contribution in [0.4, 0.5) is 0 Å². The molecule has 5 heteroatoms. The van der Waals surface area contributed by atoms with Crippen molar-refractivity contribution in [1.29, 1.82) is 0 Å². The SMILES string of the molecule is CCCCCCC(C(=O)O)n1ccnn1. The topological polar surface area (TPSA) is 68.0 Å². The fraction of sp³-hybridized carbons (Fsp3) is 0.700. The summed E-state index contributed by atoms with van der Waals surface area (Å²) in [6, 6.07) is -0.565. The van der Waals surface area contributed by atoms with Crippen LogP contribution >= 0.6 is 0 Å². The van der Waals surface area contributed by atoms with E-state index in [2.05, 4.69) is 17.2 Å². The van der Waals surface area contributed by atoms with E-state index >= 15 is 0 Å². The van der Waals surface area contributed by atoms with Gasteiger partial charge in [-0.2, -0.15) is 0 Å². The molecule has 1 aromatic heterocycles. The Morgan fingerprint density at radius 2 is 2.27 bits per heavy atom. The monoisotopic (exact) mass is 211 g/mol. The molecule has 15 heavy (non-hydrogen) atoms. The molecule has 1 heterocycles. The van der Waals surface area contributed by atoms with Crippen LogP contribution in [0.15, 0.2) is 12.4 Å². The van der Waals surface area contributed by atoms with Gasteiger partial charge in [-0.3, -0.25) is 0 Å². The minimum Gasteiger partial charge on any atom is -0.480 e. The molecular formula is C10H17N3O2. The van der Waals surface area contributed by atoms with E-state index in [0.29, 0.717) is 6.42 Å². The average Bonchev–Trinajstić information content (AvgIpc) is 2.70. The van der Waals surface area contributed by atoms with Crippen LogP contribution in [0.1, 0.15) is 45.1 Å². The zero-order valence-electron chi connectivity index (χ0n) is 8.96. The molecule has 84 valence electrons. The third-order valence-electron chi connectivity index (χ3n) is 2.38. The number of hydrogen-bond donors (Lipinski definition) is 1. The molecule has 0 aromatic carbocycles. The molecule has 0 radical (unpaired) electrons. The Kier molecular flexibility index (Phi) is 4.80. The zero-order valence-corrected chi connectivity index (χ0v) is 8.96. The van der Waals surface area contributed by atoms with Crippen molar-refractivity contribution in [2.75, 3.05) is 0 Å². The smallest absolute Gasteiger partial charge is 0.328 e. The molecule has 0 saturated heterocycles. The maximum absolute atomic E-state index is 11.0. The number of nitrogens with zero attached hydrogens (tertiary/aromatic N) is 3. The largest absolute Gasteiger partial charge is 0.480 e. The predicted octanol–water partition coefficient (Wildman–Crippen LogP) is 1.87. The van der Waals surface area contributed by atoms with Crippen LogP contribution in [0, 0.1) is 0 Å². The molecule has 1 rings (SSSR count). The molecule has 0 spiro atoms. The second-order valence-corrected chi connectivity index (χ2v) is 3.59. The van der Waals surface area contributed by atoms with Crippen molar-refractivity contribution >= 4 is 5.97 Å². The summed E-state index contributed by atoms with van der Waals surface area (Å²) in [5.74, 6) is -0.836. The quantitative estimate of drug-likeness (QED) is 0.699. The number of unbranched alkanes of at least 4 members (excludes halogenated alkanes) is 3. The highest BCUT2D eigenvalue weighted by atomic mass is 16.4. The number of hydrogen-bond acceptors (Lipinski definition) is 3. The molecule has 5 nitrogen and oxygen atoms in total. The van der Waals surface area contributed by atoms with Crippen LogP contribution in [0.25, 0.3) is 0 Å². The number of aromatic nitrogens is 3. The number of carboxylic acid groups (broad SMARTS) is 1. The molecule has 0 aliphatic carbocycles. The van der Waals surface area contributed by atoms with E-state index in [-0.39, 0.29) is 0 Å². The van der Waals surface area contributed by atoms with E-state index < -0.39 is 12.0 Å². The van der Waals surface area contributed by atoms with Crippen molar-refractivity contribution in [1.82, 2.24) is 15.0 Å². The first-order chi connectivity index (χ1) is 7.25. The lowest BCUT2D eigenvalue weighted by Gasteiger charge is -2.11. The first-order valence-corrected chi connectivity index (χ1v) is 5.34. The van der Waals surface area contributed by atoms with Gasteiger partial charge in [-0.1, -0.05) is 37.8 Å². The standard InChI is InChI=1S/C10H17N3O2/c1-2-3-4-5-6-9(10(14)15)13-8-7-11-12-13/h7-9H,2-6H2,1H3,(H,14,15). The Morgan fingerprint density at radius 3 is 2.80 bits per heavy atom. The van der Waals surface area contributed by atoms with E-state index in [1.807, 2.05) is 0 Å². The molecule has 1 unspecified atom stereocenters. The van der Waals surface area contributed by atoms with Crippen molar-refractivity contribution < 1.29 is 9.90 Å². The number of carbonyl (C=O) groups is 1. The maximum Gasteiger partial charge on any atom is 0.328 e. The lowest BCUT2D eigenvalue weighted by Crippen LogP contribution is -2.19. The summed E-state index contributed by atoms with van der Waals surface area (Å²) in [6.07, 6.45) is 8.03. The molecule has 1 N–H and O–H groups in total. The van der Waals surface area contributed by atoms with Crippen molar-refractivity contribution in [3.8, 4) is 0 Å². The Hall–Kier alpha value is -1.39. The fourth-order valence-electron chi connectivity index (χ4n) is 1.52. The first-order valence-electron chi connectivity index (χ1n) is 5.34. The third kappa shape index (κ3) is 3.69. The Balaban J connectivity index is 2.42. The number of rotatable bonds is 7. The van der Waals surface area contributed by atoms with Crippen LogP contribution < -0.4 is 0 Å². The molecular weight excluding hydrogens is 194 g/mol. The summed E-state index contributed by atoms with van der Waals surface area (Å²) in [6.45, 7) is 2.13. The highest BCUT2D eigenvalue weighted by Crippen LogP contribution is 2.15. The van der Waals surface area contributed by atoms with Gasteiger partial charge >= 0.3 is 5.97 Å².